The summed E-state index contributed by atoms with van der Waals surface area (Å²) in [5, 5.41) is 0. The number of Topliss-reactive ketones (excluding diaryl/α,β-unsaturated/α-hetero) is 1. The Kier molecular flexibility index (Phi) is 4.95. The van der Waals surface area contributed by atoms with Crippen molar-refractivity contribution in [3.63, 3.8) is 0 Å². The Hall–Kier alpha value is -1.19. The normalized spacial score (nSPS) is 17.6. The topological polar surface area (TPSA) is 23.6 Å². The van der Waals surface area contributed by atoms with E-state index in [1.807, 2.05) is 19.1 Å². The molecule has 0 N–H and O–H groups in total. The molecule has 1 aliphatic rings. The molecular weight excluding hydrogens is 248 g/mol. The second-order valence-corrected chi connectivity index (χ2v) is 6.19. The van der Waals surface area contributed by atoms with E-state index in [1.54, 1.807) is 0 Å². The van der Waals surface area contributed by atoms with Crippen LogP contribution in [0, 0.1) is 13.8 Å². The Morgan fingerprint density at radius 3 is 2.55 bits per heavy atom. The molecule has 1 heterocycles. The molecule has 0 aromatic heterocycles. The third kappa shape index (κ3) is 3.68. The van der Waals surface area contributed by atoms with Crippen LogP contribution < -0.4 is 0 Å². The molecule has 0 radical (unpaired) electrons. The Bertz CT molecular complexity index is 476. The highest BCUT2D eigenvalue weighted by atomic mass is 16.1. The smallest absolute Gasteiger partial charge is 0.177 e. The molecule has 1 saturated heterocycles. The molecule has 1 aromatic rings. The number of likely N-dealkylation sites (tertiary alicyclic amines) is 1. The van der Waals surface area contributed by atoms with Crippen LogP contribution in [0.4, 0.5) is 0 Å². The summed E-state index contributed by atoms with van der Waals surface area (Å²) in [6.07, 6.45) is 2.32. The molecule has 0 aliphatic carbocycles. The van der Waals surface area contributed by atoms with Gasteiger partial charge in [-0.2, -0.15) is 0 Å². The molecular formula is C17H26N2O. The minimum absolute atomic E-state index is 0.240. The summed E-state index contributed by atoms with van der Waals surface area (Å²) in [5.41, 5.74) is 3.17. The first-order valence-electron chi connectivity index (χ1n) is 7.46. The largest absolute Gasteiger partial charge is 0.306 e. The van der Waals surface area contributed by atoms with Crippen LogP contribution in [0.2, 0.25) is 0 Å². The van der Waals surface area contributed by atoms with Crippen LogP contribution in [-0.4, -0.2) is 55.4 Å². The van der Waals surface area contributed by atoms with Gasteiger partial charge in [0.15, 0.2) is 5.78 Å². The van der Waals surface area contributed by atoms with E-state index in [0.29, 0.717) is 12.6 Å². The molecule has 0 bridgehead atoms. The molecule has 110 valence electrons. The maximum absolute atomic E-state index is 12.4. The van der Waals surface area contributed by atoms with Gasteiger partial charge in [0.25, 0.3) is 0 Å². The van der Waals surface area contributed by atoms with Gasteiger partial charge in [-0.15, -0.1) is 0 Å². The zero-order valence-electron chi connectivity index (χ0n) is 13.1. The quantitative estimate of drug-likeness (QED) is 0.788. The minimum atomic E-state index is 0.240. The van der Waals surface area contributed by atoms with Gasteiger partial charge in [0.1, 0.15) is 0 Å². The van der Waals surface area contributed by atoms with E-state index >= 15 is 0 Å². The van der Waals surface area contributed by atoms with Crippen molar-refractivity contribution in [3.8, 4) is 0 Å². The first-order chi connectivity index (χ1) is 9.47. The molecule has 2 rings (SSSR count). The van der Waals surface area contributed by atoms with Crippen molar-refractivity contribution < 1.29 is 4.79 Å². The first kappa shape index (κ1) is 15.2. The minimum Gasteiger partial charge on any atom is -0.306 e. The summed E-state index contributed by atoms with van der Waals surface area (Å²) >= 11 is 0. The SMILES string of the molecule is Cc1ccc(C(=O)CN(C)C2CCN(C)CC2)c(C)c1. The lowest BCUT2D eigenvalue weighted by molar-refractivity contribution is 0.0871. The monoisotopic (exact) mass is 274 g/mol. The Morgan fingerprint density at radius 1 is 1.30 bits per heavy atom. The number of hydrogen-bond acceptors (Lipinski definition) is 3. The fourth-order valence-corrected chi connectivity index (χ4v) is 3.00. The number of aryl methyl sites for hydroxylation is 2. The number of piperidine rings is 1. The average molecular weight is 274 g/mol. The van der Waals surface area contributed by atoms with Gasteiger partial charge in [0.05, 0.1) is 6.54 Å². The van der Waals surface area contributed by atoms with Gasteiger partial charge in [0, 0.05) is 11.6 Å². The van der Waals surface area contributed by atoms with Crippen LogP contribution in [0.25, 0.3) is 0 Å². The second kappa shape index (κ2) is 6.51. The van der Waals surface area contributed by atoms with Crippen molar-refractivity contribution in [3.05, 3.63) is 34.9 Å². The lowest BCUT2D eigenvalue weighted by Crippen LogP contribution is -2.43. The Balaban J connectivity index is 1.97. The van der Waals surface area contributed by atoms with E-state index in [4.69, 9.17) is 0 Å². The van der Waals surface area contributed by atoms with E-state index in [-0.39, 0.29) is 5.78 Å². The fraction of sp³-hybridized carbons (Fsp3) is 0.588. The standard InChI is InChI=1S/C17H26N2O/c1-13-5-6-16(14(2)11-13)17(20)12-19(4)15-7-9-18(3)10-8-15/h5-6,11,15H,7-10,12H2,1-4H3. The number of benzene rings is 1. The average Bonchev–Trinajstić information content (AvgIpc) is 2.39. The van der Waals surface area contributed by atoms with Crippen LogP contribution >= 0.6 is 0 Å². The maximum Gasteiger partial charge on any atom is 0.177 e. The predicted molar refractivity (Wildman–Crippen MR) is 83.4 cm³/mol. The summed E-state index contributed by atoms with van der Waals surface area (Å²) in [5.74, 6) is 0.240. The van der Waals surface area contributed by atoms with Crippen molar-refractivity contribution in [2.24, 2.45) is 0 Å². The number of hydrogen-bond donors (Lipinski definition) is 0. The molecule has 1 aromatic carbocycles. The molecule has 1 fully saturated rings. The predicted octanol–water partition coefficient (Wildman–Crippen LogP) is 2.51. The lowest BCUT2D eigenvalue weighted by Gasteiger charge is -2.34. The van der Waals surface area contributed by atoms with Crippen LogP contribution in [0.15, 0.2) is 18.2 Å². The van der Waals surface area contributed by atoms with Gasteiger partial charge < -0.3 is 4.90 Å². The number of rotatable bonds is 4. The molecule has 1 aliphatic heterocycles. The summed E-state index contributed by atoms with van der Waals surface area (Å²) < 4.78 is 0. The van der Waals surface area contributed by atoms with Crippen molar-refractivity contribution in [2.45, 2.75) is 32.7 Å². The van der Waals surface area contributed by atoms with Gasteiger partial charge >= 0.3 is 0 Å². The van der Waals surface area contributed by atoms with Crippen LogP contribution in [-0.2, 0) is 0 Å². The van der Waals surface area contributed by atoms with Crippen molar-refractivity contribution >= 4 is 5.78 Å². The lowest BCUT2D eigenvalue weighted by atomic mass is 10.00. The van der Waals surface area contributed by atoms with E-state index < -0.39 is 0 Å². The summed E-state index contributed by atoms with van der Waals surface area (Å²) in [6, 6.07) is 6.62. The highest BCUT2D eigenvalue weighted by molar-refractivity contribution is 5.98. The zero-order chi connectivity index (χ0) is 14.7. The molecule has 20 heavy (non-hydrogen) atoms. The molecule has 3 heteroatoms. The molecule has 0 amide bonds. The van der Waals surface area contributed by atoms with Gasteiger partial charge in [-0.25, -0.2) is 0 Å². The fourth-order valence-electron chi connectivity index (χ4n) is 3.00. The van der Waals surface area contributed by atoms with E-state index in [1.165, 1.54) is 5.56 Å². The third-order valence-corrected chi connectivity index (χ3v) is 4.39. The first-order valence-corrected chi connectivity index (χ1v) is 7.46. The van der Waals surface area contributed by atoms with E-state index in [2.05, 4.69) is 36.9 Å². The van der Waals surface area contributed by atoms with Crippen LogP contribution in [0.5, 0.6) is 0 Å². The van der Waals surface area contributed by atoms with Gasteiger partial charge in [-0.3, -0.25) is 9.69 Å². The van der Waals surface area contributed by atoms with Gasteiger partial charge in [-0.05, 0) is 59.4 Å². The molecule has 0 atom stereocenters. The van der Waals surface area contributed by atoms with Crippen molar-refractivity contribution in [1.29, 1.82) is 0 Å². The van der Waals surface area contributed by atoms with Crippen LogP contribution in [0.3, 0.4) is 0 Å². The number of carbonyl (C=O) groups excluding carboxylic acids is 1. The van der Waals surface area contributed by atoms with Crippen LogP contribution in [0.1, 0.15) is 34.3 Å². The highest BCUT2D eigenvalue weighted by Gasteiger charge is 2.22. The number of ketones is 1. The Morgan fingerprint density at radius 2 is 1.95 bits per heavy atom. The molecule has 0 saturated carbocycles. The number of nitrogens with zero attached hydrogens (tertiary/aromatic N) is 2. The van der Waals surface area contributed by atoms with E-state index in [9.17, 15) is 4.79 Å². The Labute approximate surface area is 122 Å². The number of likely N-dealkylation sites (N-methyl/N-ethyl adjacent to an activating group) is 1. The summed E-state index contributed by atoms with van der Waals surface area (Å²) in [6.45, 7) is 6.87. The third-order valence-electron chi connectivity index (χ3n) is 4.39. The summed E-state index contributed by atoms with van der Waals surface area (Å²) in [7, 11) is 4.24. The summed E-state index contributed by atoms with van der Waals surface area (Å²) in [4.78, 5) is 17.0. The van der Waals surface area contributed by atoms with Crippen molar-refractivity contribution in [2.75, 3.05) is 33.7 Å². The number of carbonyl (C=O) groups is 1. The van der Waals surface area contributed by atoms with Gasteiger partial charge in [0.2, 0.25) is 0 Å². The zero-order valence-corrected chi connectivity index (χ0v) is 13.1. The molecule has 0 spiro atoms. The maximum atomic E-state index is 12.4. The molecule has 3 nitrogen and oxygen atoms in total. The van der Waals surface area contributed by atoms with Crippen molar-refractivity contribution in [1.82, 2.24) is 9.80 Å². The van der Waals surface area contributed by atoms with Gasteiger partial charge in [-0.1, -0.05) is 23.8 Å². The highest BCUT2D eigenvalue weighted by Crippen LogP contribution is 2.16. The molecule has 0 unspecified atom stereocenters. The van der Waals surface area contributed by atoms with E-state index in [0.717, 1.165) is 37.1 Å². The second-order valence-electron chi connectivity index (χ2n) is 6.19.